The van der Waals surface area contributed by atoms with Crippen molar-refractivity contribution in [3.63, 3.8) is 0 Å². The number of ether oxygens (including phenoxy) is 4. The van der Waals surface area contributed by atoms with Crippen LogP contribution in [0.4, 0.5) is 0 Å². The van der Waals surface area contributed by atoms with Crippen LogP contribution in [0.15, 0.2) is 29.6 Å². The van der Waals surface area contributed by atoms with Gasteiger partial charge in [-0.3, -0.25) is 4.79 Å². The molecule has 2 rings (SSSR count). The highest BCUT2D eigenvalue weighted by Crippen LogP contribution is 2.40. The molecule has 0 saturated carbocycles. The summed E-state index contributed by atoms with van der Waals surface area (Å²) in [7, 11) is 4.33. The Balaban J connectivity index is 2.07. The summed E-state index contributed by atoms with van der Waals surface area (Å²) < 4.78 is 20.9. The Labute approximate surface area is 155 Å². The number of hydrogen-bond donors (Lipinski definition) is 1. The highest BCUT2D eigenvalue weighted by molar-refractivity contribution is 7.09. The van der Waals surface area contributed by atoms with Gasteiger partial charge in [-0.2, -0.15) is 0 Å². The Morgan fingerprint density at radius 1 is 1.08 bits per heavy atom. The summed E-state index contributed by atoms with van der Waals surface area (Å²) >= 11 is 1.54. The van der Waals surface area contributed by atoms with Crippen molar-refractivity contribution in [2.75, 3.05) is 21.3 Å². The lowest BCUT2D eigenvalue weighted by Gasteiger charge is -2.17. The minimum Gasteiger partial charge on any atom is -0.493 e. The smallest absolute Gasteiger partial charge is 0.342 e. The number of nitrogens with one attached hydrogen (secondary N) is 1. The molecule has 26 heavy (non-hydrogen) atoms. The SMILES string of the molecule is COc1ccc(C(=O)OC(C)C(=O)NCc2cccs2)c(OC)c1OC. The monoisotopic (exact) mass is 379 g/mol. The molecule has 0 fully saturated rings. The van der Waals surface area contributed by atoms with E-state index < -0.39 is 12.1 Å². The van der Waals surface area contributed by atoms with Crippen molar-refractivity contribution in [1.29, 1.82) is 0 Å². The van der Waals surface area contributed by atoms with Gasteiger partial charge in [0, 0.05) is 4.88 Å². The largest absolute Gasteiger partial charge is 0.493 e. The van der Waals surface area contributed by atoms with Gasteiger partial charge in [-0.25, -0.2) is 4.79 Å². The van der Waals surface area contributed by atoms with E-state index in [9.17, 15) is 9.59 Å². The molecule has 0 aliphatic rings. The summed E-state index contributed by atoms with van der Waals surface area (Å²) in [5.41, 5.74) is 0.142. The average Bonchev–Trinajstić information content (AvgIpc) is 3.17. The second-order valence-corrected chi connectivity index (χ2v) is 6.26. The fraction of sp³-hybridized carbons (Fsp3) is 0.333. The van der Waals surface area contributed by atoms with Gasteiger partial charge in [0.25, 0.3) is 5.91 Å². The summed E-state index contributed by atoms with van der Waals surface area (Å²) in [4.78, 5) is 25.6. The first-order valence-electron chi connectivity index (χ1n) is 7.81. The Hall–Kier alpha value is -2.74. The number of carbonyl (C=O) groups is 2. The third-order valence-electron chi connectivity index (χ3n) is 3.59. The minimum atomic E-state index is -0.958. The number of hydrogen-bond acceptors (Lipinski definition) is 7. The van der Waals surface area contributed by atoms with Crippen molar-refractivity contribution in [2.45, 2.75) is 19.6 Å². The number of thiophene rings is 1. The number of benzene rings is 1. The molecule has 7 nitrogen and oxygen atoms in total. The van der Waals surface area contributed by atoms with E-state index in [0.29, 0.717) is 12.3 Å². The summed E-state index contributed by atoms with van der Waals surface area (Å²) in [5, 5.41) is 4.65. The van der Waals surface area contributed by atoms with Crippen LogP contribution in [0.3, 0.4) is 0 Å². The van der Waals surface area contributed by atoms with Gasteiger partial charge in [0.05, 0.1) is 27.9 Å². The number of esters is 1. The van der Waals surface area contributed by atoms with Gasteiger partial charge in [0.15, 0.2) is 17.6 Å². The quantitative estimate of drug-likeness (QED) is 0.710. The zero-order valence-corrected chi connectivity index (χ0v) is 15.8. The van der Waals surface area contributed by atoms with Gasteiger partial charge in [0.1, 0.15) is 5.56 Å². The zero-order chi connectivity index (χ0) is 19.1. The van der Waals surface area contributed by atoms with Crippen molar-refractivity contribution in [1.82, 2.24) is 5.32 Å². The molecule has 1 amide bonds. The summed E-state index contributed by atoms with van der Waals surface area (Å²) in [6, 6.07) is 6.88. The highest BCUT2D eigenvalue weighted by Gasteiger charge is 2.25. The van der Waals surface area contributed by atoms with E-state index in [1.165, 1.54) is 45.7 Å². The second kappa shape index (κ2) is 9.10. The molecule has 0 bridgehead atoms. The topological polar surface area (TPSA) is 83.1 Å². The molecule has 0 radical (unpaired) electrons. The van der Waals surface area contributed by atoms with Crippen molar-refractivity contribution in [3.8, 4) is 17.2 Å². The first kappa shape index (κ1) is 19.6. The maximum Gasteiger partial charge on any atom is 0.342 e. The van der Waals surface area contributed by atoms with E-state index in [0.717, 1.165) is 4.88 Å². The molecule has 1 aromatic heterocycles. The molecule has 0 spiro atoms. The van der Waals surface area contributed by atoms with E-state index >= 15 is 0 Å². The molecule has 1 atom stereocenters. The standard InChI is InChI=1S/C18H21NO6S/c1-11(17(20)19-10-12-6-5-9-26-12)25-18(21)13-7-8-14(22-2)16(24-4)15(13)23-3/h5-9,11H,10H2,1-4H3,(H,19,20). The first-order valence-corrected chi connectivity index (χ1v) is 8.69. The lowest BCUT2D eigenvalue weighted by molar-refractivity contribution is -0.129. The van der Waals surface area contributed by atoms with E-state index in [1.54, 1.807) is 6.07 Å². The summed E-state index contributed by atoms with van der Waals surface area (Å²) in [6.45, 7) is 1.90. The minimum absolute atomic E-state index is 0.142. The van der Waals surface area contributed by atoms with E-state index in [2.05, 4.69) is 5.32 Å². The molecular weight excluding hydrogens is 358 g/mol. The third-order valence-corrected chi connectivity index (χ3v) is 4.47. The first-order chi connectivity index (χ1) is 12.5. The molecule has 1 heterocycles. The number of amides is 1. The third kappa shape index (κ3) is 4.45. The molecule has 1 N–H and O–H groups in total. The van der Waals surface area contributed by atoms with Crippen LogP contribution in [0.2, 0.25) is 0 Å². The molecule has 8 heteroatoms. The maximum absolute atomic E-state index is 12.5. The normalized spacial score (nSPS) is 11.4. The van der Waals surface area contributed by atoms with E-state index in [1.807, 2.05) is 17.5 Å². The predicted octanol–water partition coefficient (Wildman–Crippen LogP) is 2.64. The van der Waals surface area contributed by atoms with Crippen LogP contribution in [0.5, 0.6) is 17.2 Å². The molecule has 0 aliphatic carbocycles. The molecule has 0 saturated heterocycles. The van der Waals surface area contributed by atoms with Gasteiger partial charge in [-0.15, -0.1) is 11.3 Å². The second-order valence-electron chi connectivity index (χ2n) is 5.23. The van der Waals surface area contributed by atoms with Gasteiger partial charge < -0.3 is 24.3 Å². The van der Waals surface area contributed by atoms with E-state index in [4.69, 9.17) is 18.9 Å². The number of methoxy groups -OCH3 is 3. The molecule has 0 aliphatic heterocycles. The van der Waals surface area contributed by atoms with Crippen LogP contribution in [0, 0.1) is 0 Å². The van der Waals surface area contributed by atoms with Gasteiger partial charge in [-0.1, -0.05) is 6.07 Å². The van der Waals surface area contributed by atoms with Crippen molar-refractivity contribution < 1.29 is 28.5 Å². The Bertz CT molecular complexity index is 759. The molecule has 1 unspecified atom stereocenters. The predicted molar refractivity (Wildman–Crippen MR) is 97.1 cm³/mol. The van der Waals surface area contributed by atoms with Crippen molar-refractivity contribution in [3.05, 3.63) is 40.1 Å². The van der Waals surface area contributed by atoms with Crippen LogP contribution in [-0.4, -0.2) is 39.3 Å². The fourth-order valence-corrected chi connectivity index (χ4v) is 2.92. The summed E-state index contributed by atoms with van der Waals surface area (Å²) in [5.74, 6) is -0.197. The Morgan fingerprint density at radius 2 is 1.81 bits per heavy atom. The zero-order valence-electron chi connectivity index (χ0n) is 15.0. The van der Waals surface area contributed by atoms with Gasteiger partial charge >= 0.3 is 5.97 Å². The lowest BCUT2D eigenvalue weighted by atomic mass is 10.1. The van der Waals surface area contributed by atoms with Crippen molar-refractivity contribution in [2.24, 2.45) is 0 Å². The van der Waals surface area contributed by atoms with Crippen molar-refractivity contribution >= 4 is 23.2 Å². The van der Waals surface area contributed by atoms with Crippen LogP contribution in [-0.2, 0) is 16.1 Å². The Kier molecular flexibility index (Phi) is 6.85. The lowest BCUT2D eigenvalue weighted by Crippen LogP contribution is -2.35. The van der Waals surface area contributed by atoms with E-state index in [-0.39, 0.29) is 23.0 Å². The molecular formula is C18H21NO6S. The maximum atomic E-state index is 12.5. The average molecular weight is 379 g/mol. The van der Waals surface area contributed by atoms with Crippen LogP contribution in [0.1, 0.15) is 22.2 Å². The number of rotatable bonds is 8. The Morgan fingerprint density at radius 3 is 2.38 bits per heavy atom. The fourth-order valence-electron chi connectivity index (χ4n) is 2.27. The van der Waals surface area contributed by atoms with Crippen LogP contribution < -0.4 is 19.5 Å². The molecule has 2 aromatic rings. The summed E-state index contributed by atoms with van der Waals surface area (Å²) in [6.07, 6.45) is -0.958. The van der Waals surface area contributed by atoms with Crippen LogP contribution >= 0.6 is 11.3 Å². The van der Waals surface area contributed by atoms with Crippen LogP contribution in [0.25, 0.3) is 0 Å². The van der Waals surface area contributed by atoms with Gasteiger partial charge in [-0.05, 0) is 30.5 Å². The number of carbonyl (C=O) groups excluding carboxylic acids is 2. The van der Waals surface area contributed by atoms with Gasteiger partial charge in [0.2, 0.25) is 5.75 Å². The molecule has 1 aromatic carbocycles. The highest BCUT2D eigenvalue weighted by atomic mass is 32.1. The molecule has 140 valence electrons.